The quantitative estimate of drug-likeness (QED) is 0.833. The van der Waals surface area contributed by atoms with Crippen molar-refractivity contribution >= 4 is 35.2 Å². The zero-order valence-electron chi connectivity index (χ0n) is 10.4. The molecule has 104 valence electrons. The van der Waals surface area contributed by atoms with Crippen LogP contribution < -0.4 is 5.32 Å². The Balaban J connectivity index is 1.84. The molecule has 0 fully saturated rings. The predicted molar refractivity (Wildman–Crippen MR) is 78.6 cm³/mol. The van der Waals surface area contributed by atoms with Crippen molar-refractivity contribution in [1.29, 1.82) is 0 Å². The van der Waals surface area contributed by atoms with E-state index in [1.165, 1.54) is 12.4 Å². The Labute approximate surface area is 126 Å². The van der Waals surface area contributed by atoms with E-state index in [0.717, 1.165) is 5.82 Å². The van der Waals surface area contributed by atoms with Gasteiger partial charge in [-0.05, 0) is 17.7 Å². The largest absolute Gasteiger partial charge is 0.352 e. The van der Waals surface area contributed by atoms with Gasteiger partial charge < -0.3 is 5.32 Å². The highest BCUT2D eigenvalue weighted by molar-refractivity contribution is 6.42. The van der Waals surface area contributed by atoms with Gasteiger partial charge in [0.1, 0.15) is 12.2 Å². The second-order valence-electron chi connectivity index (χ2n) is 3.95. The Morgan fingerprint density at radius 1 is 1.40 bits per heavy atom. The number of hydrogen-bond donors (Lipinski definition) is 2. The van der Waals surface area contributed by atoms with Gasteiger partial charge in [-0.3, -0.25) is 9.89 Å². The van der Waals surface area contributed by atoms with Crippen molar-refractivity contribution in [1.82, 2.24) is 20.5 Å². The molecule has 0 saturated carbocycles. The number of carbonyl (C=O) groups is 1. The van der Waals surface area contributed by atoms with E-state index in [4.69, 9.17) is 23.2 Å². The van der Waals surface area contributed by atoms with Crippen LogP contribution in [0.2, 0.25) is 10.0 Å². The number of amides is 1. The van der Waals surface area contributed by atoms with Crippen LogP contribution in [0.1, 0.15) is 11.4 Å². The first kappa shape index (κ1) is 14.6. The summed E-state index contributed by atoms with van der Waals surface area (Å²) in [5.41, 5.74) is 0.699. The van der Waals surface area contributed by atoms with Gasteiger partial charge in [0.2, 0.25) is 5.91 Å². The molecule has 1 aromatic heterocycles. The molecule has 2 aromatic rings. The third kappa shape index (κ3) is 4.08. The maximum atomic E-state index is 11.6. The van der Waals surface area contributed by atoms with Crippen LogP contribution in [0.3, 0.4) is 0 Å². The van der Waals surface area contributed by atoms with Gasteiger partial charge in [-0.25, -0.2) is 4.98 Å². The van der Waals surface area contributed by atoms with Gasteiger partial charge in [-0.15, -0.1) is 0 Å². The maximum absolute atomic E-state index is 11.6. The van der Waals surface area contributed by atoms with Gasteiger partial charge in [0.25, 0.3) is 0 Å². The van der Waals surface area contributed by atoms with Crippen LogP contribution in [0, 0.1) is 0 Å². The molecule has 0 unspecified atom stereocenters. The average Bonchev–Trinajstić information content (AvgIpc) is 2.94. The molecule has 7 heteroatoms. The molecular formula is C13H12Cl2N4O. The lowest BCUT2D eigenvalue weighted by atomic mass is 10.2. The summed E-state index contributed by atoms with van der Waals surface area (Å²) in [5, 5.41) is 10.1. The van der Waals surface area contributed by atoms with E-state index in [-0.39, 0.29) is 5.91 Å². The number of nitrogens with zero attached hydrogens (tertiary/aromatic N) is 2. The molecule has 1 amide bonds. The Morgan fingerprint density at radius 3 is 3.00 bits per heavy atom. The number of rotatable bonds is 5. The summed E-state index contributed by atoms with van der Waals surface area (Å²) < 4.78 is 0. The number of aromatic nitrogens is 3. The van der Waals surface area contributed by atoms with Crippen LogP contribution in [-0.4, -0.2) is 27.6 Å². The minimum atomic E-state index is -0.208. The van der Waals surface area contributed by atoms with Gasteiger partial charge in [0, 0.05) is 19.0 Å². The summed E-state index contributed by atoms with van der Waals surface area (Å²) >= 11 is 11.9. The number of halogens is 2. The first-order valence-corrected chi connectivity index (χ1v) is 6.66. The molecule has 0 spiro atoms. The van der Waals surface area contributed by atoms with Gasteiger partial charge in [-0.2, -0.15) is 5.10 Å². The number of aromatic amines is 1. The molecule has 2 N–H and O–H groups in total. The van der Waals surface area contributed by atoms with E-state index >= 15 is 0 Å². The summed E-state index contributed by atoms with van der Waals surface area (Å²) in [6.45, 7) is 0.474. The van der Waals surface area contributed by atoms with E-state index in [9.17, 15) is 4.79 Å². The van der Waals surface area contributed by atoms with Crippen molar-refractivity contribution in [2.45, 2.75) is 6.42 Å². The second-order valence-corrected chi connectivity index (χ2v) is 4.73. The Morgan fingerprint density at radius 2 is 2.25 bits per heavy atom. The predicted octanol–water partition coefficient (Wildman–Crippen LogP) is 2.48. The van der Waals surface area contributed by atoms with Crippen LogP contribution >= 0.6 is 23.2 Å². The highest BCUT2D eigenvalue weighted by Gasteiger charge is 2.02. The molecule has 0 radical (unpaired) electrons. The molecule has 0 aliphatic carbocycles. The molecule has 1 heterocycles. The van der Waals surface area contributed by atoms with Crippen LogP contribution in [0.15, 0.2) is 30.6 Å². The number of carbonyl (C=O) groups excluding carboxylic acids is 1. The minimum Gasteiger partial charge on any atom is -0.352 e. The highest BCUT2D eigenvalue weighted by Crippen LogP contribution is 2.26. The first-order valence-electron chi connectivity index (χ1n) is 5.91. The van der Waals surface area contributed by atoms with Crippen molar-refractivity contribution in [3.63, 3.8) is 0 Å². The molecule has 0 aliphatic rings. The van der Waals surface area contributed by atoms with Crippen LogP contribution in [-0.2, 0) is 11.2 Å². The Hall–Kier alpha value is -1.85. The van der Waals surface area contributed by atoms with E-state index < -0.39 is 0 Å². The molecule has 20 heavy (non-hydrogen) atoms. The monoisotopic (exact) mass is 310 g/mol. The number of hydrogen-bond acceptors (Lipinski definition) is 3. The highest BCUT2D eigenvalue weighted by atomic mass is 35.5. The smallest absolute Gasteiger partial charge is 0.244 e. The van der Waals surface area contributed by atoms with Gasteiger partial charge >= 0.3 is 0 Å². The molecule has 0 saturated heterocycles. The van der Waals surface area contributed by atoms with E-state index in [0.29, 0.717) is 28.6 Å². The fourth-order valence-electron chi connectivity index (χ4n) is 1.53. The summed E-state index contributed by atoms with van der Waals surface area (Å²) in [4.78, 5) is 15.6. The van der Waals surface area contributed by atoms with E-state index in [2.05, 4.69) is 20.5 Å². The van der Waals surface area contributed by atoms with Crippen molar-refractivity contribution in [3.8, 4) is 0 Å². The SMILES string of the molecule is O=C(C=Cc1cccc(Cl)c1Cl)NCCc1ncn[nH]1. The van der Waals surface area contributed by atoms with Crippen LogP contribution in [0.5, 0.6) is 0 Å². The topological polar surface area (TPSA) is 70.7 Å². The third-order valence-corrected chi connectivity index (χ3v) is 3.36. The summed E-state index contributed by atoms with van der Waals surface area (Å²) in [6.07, 6.45) is 5.06. The number of H-pyrrole nitrogens is 1. The Bertz CT molecular complexity index is 611. The lowest BCUT2D eigenvalue weighted by Gasteiger charge is -2.01. The van der Waals surface area contributed by atoms with Crippen molar-refractivity contribution in [2.24, 2.45) is 0 Å². The summed E-state index contributed by atoms with van der Waals surface area (Å²) in [5.74, 6) is 0.521. The Kier molecular flexibility index (Phi) is 5.15. The second kappa shape index (κ2) is 7.07. The molecule has 0 atom stereocenters. The summed E-state index contributed by atoms with van der Waals surface area (Å²) in [6, 6.07) is 5.25. The third-order valence-electron chi connectivity index (χ3n) is 2.52. The van der Waals surface area contributed by atoms with Gasteiger partial charge in [0.15, 0.2) is 0 Å². The van der Waals surface area contributed by atoms with E-state index in [1.807, 2.05) is 0 Å². The number of benzene rings is 1. The number of nitrogens with one attached hydrogen (secondary N) is 2. The zero-order chi connectivity index (χ0) is 14.4. The minimum absolute atomic E-state index is 0.208. The molecule has 1 aromatic carbocycles. The fourth-order valence-corrected chi connectivity index (χ4v) is 1.90. The van der Waals surface area contributed by atoms with Crippen LogP contribution in [0.25, 0.3) is 6.08 Å². The van der Waals surface area contributed by atoms with Gasteiger partial charge in [0.05, 0.1) is 10.0 Å². The summed E-state index contributed by atoms with van der Waals surface area (Å²) in [7, 11) is 0. The molecule has 0 aliphatic heterocycles. The lowest BCUT2D eigenvalue weighted by Crippen LogP contribution is -2.23. The molecular weight excluding hydrogens is 299 g/mol. The van der Waals surface area contributed by atoms with Crippen molar-refractivity contribution in [2.75, 3.05) is 6.54 Å². The lowest BCUT2D eigenvalue weighted by molar-refractivity contribution is -0.116. The first-order chi connectivity index (χ1) is 9.66. The molecule has 5 nitrogen and oxygen atoms in total. The van der Waals surface area contributed by atoms with E-state index in [1.54, 1.807) is 24.3 Å². The van der Waals surface area contributed by atoms with Gasteiger partial charge in [-0.1, -0.05) is 35.3 Å². The van der Waals surface area contributed by atoms with Crippen LogP contribution in [0.4, 0.5) is 0 Å². The van der Waals surface area contributed by atoms with Crippen molar-refractivity contribution in [3.05, 3.63) is 52.0 Å². The fraction of sp³-hybridized carbons (Fsp3) is 0.154. The van der Waals surface area contributed by atoms with Crippen molar-refractivity contribution < 1.29 is 4.79 Å². The maximum Gasteiger partial charge on any atom is 0.244 e. The molecule has 0 bridgehead atoms. The average molecular weight is 311 g/mol. The standard InChI is InChI=1S/C13H12Cl2N4O/c14-10-3-1-2-9(13(10)15)4-5-12(20)16-7-6-11-17-8-18-19-11/h1-5,8H,6-7H2,(H,16,20)(H,17,18,19). The zero-order valence-corrected chi connectivity index (χ0v) is 11.9. The normalized spacial score (nSPS) is 10.9. The molecule has 2 rings (SSSR count).